The number of hydrogen-bond donors (Lipinski definition) is 3. The van der Waals surface area contributed by atoms with E-state index in [-0.39, 0.29) is 36.3 Å². The third-order valence-electron chi connectivity index (χ3n) is 5.13. The second kappa shape index (κ2) is 5.57. The number of fused-ring (bicyclic) bond motifs is 4. The number of amides is 3. The maximum absolute atomic E-state index is 13.5. The zero-order valence-corrected chi connectivity index (χ0v) is 14.9. The van der Waals surface area contributed by atoms with Gasteiger partial charge in [-0.15, -0.1) is 0 Å². The van der Waals surface area contributed by atoms with Gasteiger partial charge >= 0.3 is 0 Å². The number of nitrogens with two attached hydrogens (primary N) is 1. The summed E-state index contributed by atoms with van der Waals surface area (Å²) in [5, 5.41) is 5.44. The van der Waals surface area contributed by atoms with Crippen LogP contribution in [0.5, 0.6) is 0 Å². The number of anilines is 2. The van der Waals surface area contributed by atoms with Crippen LogP contribution in [0.1, 0.15) is 37.4 Å². The third kappa shape index (κ3) is 2.17. The summed E-state index contributed by atoms with van der Waals surface area (Å²) in [7, 11) is 0. The Morgan fingerprint density at radius 2 is 1.96 bits per heavy atom. The topological polar surface area (TPSA) is 130 Å². The monoisotopic (exact) mass is 369 g/mol. The molecule has 1 aromatic heterocycles. The molecule has 3 amide bonds. The van der Waals surface area contributed by atoms with Gasteiger partial charge in [-0.2, -0.15) is 0 Å². The molecule has 1 aromatic carbocycles. The van der Waals surface area contributed by atoms with E-state index < -0.39 is 22.8 Å². The van der Waals surface area contributed by atoms with Crippen molar-refractivity contribution in [1.29, 1.82) is 0 Å². The predicted octanol–water partition coefficient (Wildman–Crippen LogP) is 0.218. The average molecular weight is 369 g/mol. The first kappa shape index (κ1) is 17.1. The normalized spacial score (nSPS) is 20.8. The second-order valence-corrected chi connectivity index (χ2v) is 7.13. The summed E-state index contributed by atoms with van der Waals surface area (Å²) in [5.74, 6) is -1.26. The molecular formula is C18H19N5O4. The molecule has 0 saturated carbocycles. The SMILES string of the molecule is CC(C)n1[nH]c(=O)c2c1NC(=O)C[C@]21C(=O)N(CC(N)=O)c2ccccc21. The highest BCUT2D eigenvalue weighted by Crippen LogP contribution is 2.51. The van der Waals surface area contributed by atoms with Crippen LogP contribution in [0.3, 0.4) is 0 Å². The number of para-hydroxylation sites is 1. The number of benzene rings is 1. The Kier molecular flexibility index (Phi) is 3.52. The van der Waals surface area contributed by atoms with E-state index in [1.807, 2.05) is 13.8 Å². The Morgan fingerprint density at radius 1 is 1.26 bits per heavy atom. The molecule has 4 N–H and O–H groups in total. The van der Waals surface area contributed by atoms with Crippen molar-refractivity contribution in [2.75, 3.05) is 16.8 Å². The van der Waals surface area contributed by atoms with E-state index in [9.17, 15) is 19.2 Å². The van der Waals surface area contributed by atoms with Crippen LogP contribution in [0.2, 0.25) is 0 Å². The number of aromatic nitrogens is 2. The van der Waals surface area contributed by atoms with Gasteiger partial charge in [-0.1, -0.05) is 18.2 Å². The molecular weight excluding hydrogens is 350 g/mol. The molecule has 0 saturated heterocycles. The van der Waals surface area contributed by atoms with Crippen LogP contribution in [0.4, 0.5) is 11.5 Å². The molecule has 3 heterocycles. The van der Waals surface area contributed by atoms with Gasteiger partial charge in [0.15, 0.2) is 0 Å². The first-order valence-corrected chi connectivity index (χ1v) is 8.62. The first-order valence-electron chi connectivity index (χ1n) is 8.62. The third-order valence-corrected chi connectivity index (χ3v) is 5.13. The molecule has 0 unspecified atom stereocenters. The minimum atomic E-state index is -1.47. The van der Waals surface area contributed by atoms with Crippen LogP contribution in [0, 0.1) is 0 Å². The van der Waals surface area contributed by atoms with Gasteiger partial charge in [-0.3, -0.25) is 29.0 Å². The summed E-state index contributed by atoms with van der Waals surface area (Å²) in [4.78, 5) is 51.7. The maximum atomic E-state index is 13.5. The van der Waals surface area contributed by atoms with Gasteiger partial charge in [0, 0.05) is 11.7 Å². The van der Waals surface area contributed by atoms with Gasteiger partial charge in [-0.05, 0) is 25.5 Å². The highest BCUT2D eigenvalue weighted by Gasteiger charge is 2.58. The standard InChI is InChI=1S/C18H19N5O4/c1-9(2)23-15-14(16(26)21-23)18(7-13(25)20-15)10-5-3-4-6-11(10)22(17(18)27)8-12(19)24/h3-6,9H,7-8H2,1-2H3,(H2,19,24)(H,20,25)(H,21,26)/t18-/m1/s1. The fourth-order valence-corrected chi connectivity index (χ4v) is 4.11. The minimum Gasteiger partial charge on any atom is -0.368 e. The second-order valence-electron chi connectivity index (χ2n) is 7.13. The van der Waals surface area contributed by atoms with E-state index in [1.165, 1.54) is 4.90 Å². The first-order chi connectivity index (χ1) is 12.8. The zero-order valence-electron chi connectivity index (χ0n) is 14.9. The number of H-pyrrole nitrogens is 1. The molecule has 9 nitrogen and oxygen atoms in total. The quantitative estimate of drug-likeness (QED) is 0.714. The Bertz CT molecular complexity index is 1050. The van der Waals surface area contributed by atoms with Crippen molar-refractivity contribution in [1.82, 2.24) is 9.78 Å². The van der Waals surface area contributed by atoms with Crippen molar-refractivity contribution in [2.45, 2.75) is 31.7 Å². The Balaban J connectivity index is 2.05. The largest absolute Gasteiger partial charge is 0.368 e. The van der Waals surface area contributed by atoms with Gasteiger partial charge in [-0.25, -0.2) is 0 Å². The van der Waals surface area contributed by atoms with E-state index >= 15 is 0 Å². The molecule has 27 heavy (non-hydrogen) atoms. The van der Waals surface area contributed by atoms with Gasteiger partial charge in [0.1, 0.15) is 17.8 Å². The molecule has 0 fully saturated rings. The molecule has 0 aliphatic carbocycles. The van der Waals surface area contributed by atoms with Crippen LogP contribution in [-0.4, -0.2) is 34.0 Å². The zero-order chi connectivity index (χ0) is 19.5. The smallest absolute Gasteiger partial charge is 0.270 e. The highest BCUT2D eigenvalue weighted by atomic mass is 16.2. The van der Waals surface area contributed by atoms with Crippen molar-refractivity contribution in [2.24, 2.45) is 5.73 Å². The van der Waals surface area contributed by atoms with Crippen molar-refractivity contribution < 1.29 is 14.4 Å². The van der Waals surface area contributed by atoms with Gasteiger partial charge in [0.05, 0.1) is 12.0 Å². The molecule has 1 atom stereocenters. The lowest BCUT2D eigenvalue weighted by molar-refractivity contribution is -0.127. The Morgan fingerprint density at radius 3 is 2.63 bits per heavy atom. The van der Waals surface area contributed by atoms with Crippen LogP contribution in [0.15, 0.2) is 29.1 Å². The summed E-state index contributed by atoms with van der Waals surface area (Å²) in [6.45, 7) is 3.39. The van der Waals surface area contributed by atoms with Crippen molar-refractivity contribution in [3.8, 4) is 0 Å². The summed E-state index contributed by atoms with van der Waals surface area (Å²) in [6.07, 6.45) is -0.212. The molecule has 9 heteroatoms. The fourth-order valence-electron chi connectivity index (χ4n) is 4.11. The average Bonchev–Trinajstić information content (AvgIpc) is 3.04. The highest BCUT2D eigenvalue weighted by molar-refractivity contribution is 6.17. The number of aromatic amines is 1. The van der Waals surface area contributed by atoms with Crippen molar-refractivity contribution in [3.05, 3.63) is 45.7 Å². The van der Waals surface area contributed by atoms with Crippen LogP contribution in [-0.2, 0) is 19.8 Å². The number of hydrogen-bond acceptors (Lipinski definition) is 4. The van der Waals surface area contributed by atoms with Gasteiger partial charge in [0.2, 0.25) is 17.7 Å². The number of nitrogens with one attached hydrogen (secondary N) is 2. The molecule has 2 aliphatic heterocycles. The number of carbonyl (C=O) groups excluding carboxylic acids is 3. The lowest BCUT2D eigenvalue weighted by Gasteiger charge is -2.32. The van der Waals surface area contributed by atoms with Gasteiger partial charge < -0.3 is 16.0 Å². The van der Waals surface area contributed by atoms with Gasteiger partial charge in [0.25, 0.3) is 5.56 Å². The lowest BCUT2D eigenvalue weighted by Crippen LogP contribution is -2.50. The Hall–Kier alpha value is -3.36. The predicted molar refractivity (Wildman–Crippen MR) is 97.5 cm³/mol. The van der Waals surface area contributed by atoms with Crippen LogP contribution < -0.4 is 21.5 Å². The molecule has 0 radical (unpaired) electrons. The summed E-state index contributed by atoms with van der Waals surface area (Å²) < 4.78 is 1.54. The van der Waals surface area contributed by atoms with E-state index in [1.54, 1.807) is 28.9 Å². The lowest BCUT2D eigenvalue weighted by atomic mass is 9.71. The minimum absolute atomic E-state index is 0.134. The van der Waals surface area contributed by atoms with Crippen molar-refractivity contribution >= 4 is 29.2 Å². The molecule has 2 aromatic rings. The Labute approximate surface area is 154 Å². The summed E-state index contributed by atoms with van der Waals surface area (Å²) >= 11 is 0. The number of nitrogens with zero attached hydrogens (tertiary/aromatic N) is 2. The maximum Gasteiger partial charge on any atom is 0.270 e. The van der Waals surface area contributed by atoms with E-state index in [2.05, 4.69) is 10.4 Å². The number of carbonyl (C=O) groups is 3. The molecule has 1 spiro atoms. The molecule has 140 valence electrons. The molecule has 0 bridgehead atoms. The number of rotatable bonds is 3. The summed E-state index contributed by atoms with van der Waals surface area (Å²) in [6, 6.07) is 6.73. The van der Waals surface area contributed by atoms with E-state index in [4.69, 9.17) is 5.73 Å². The number of primary amides is 1. The van der Waals surface area contributed by atoms with Crippen molar-refractivity contribution in [3.63, 3.8) is 0 Å². The molecule has 2 aliphatic rings. The fraction of sp³-hybridized carbons (Fsp3) is 0.333. The van der Waals surface area contributed by atoms with E-state index in [0.717, 1.165) is 0 Å². The van der Waals surface area contributed by atoms with Crippen LogP contribution in [0.25, 0.3) is 0 Å². The summed E-state index contributed by atoms with van der Waals surface area (Å²) in [5.41, 5.74) is 4.61. The van der Waals surface area contributed by atoms with E-state index in [0.29, 0.717) is 11.3 Å². The van der Waals surface area contributed by atoms with Crippen LogP contribution >= 0.6 is 0 Å². The molecule has 4 rings (SSSR count).